The third kappa shape index (κ3) is 3.80. The van der Waals surface area contributed by atoms with E-state index in [9.17, 15) is 4.79 Å². The molecule has 0 fully saturated rings. The van der Waals surface area contributed by atoms with Crippen LogP contribution in [0.4, 0.5) is 0 Å². The summed E-state index contributed by atoms with van der Waals surface area (Å²) in [5.74, 6) is -0.149. The quantitative estimate of drug-likeness (QED) is 0.870. The lowest BCUT2D eigenvalue weighted by Crippen LogP contribution is -2.22. The molecule has 1 aromatic heterocycles. The highest BCUT2D eigenvalue weighted by molar-refractivity contribution is 6.29. The van der Waals surface area contributed by atoms with Crippen molar-refractivity contribution in [3.63, 3.8) is 0 Å². The number of nitrogens with one attached hydrogen (secondary N) is 1. The normalized spacial score (nSPS) is 10.2. The molecule has 1 aromatic carbocycles. The molecule has 0 unspecified atom stereocenters. The van der Waals surface area contributed by atoms with Crippen molar-refractivity contribution < 1.29 is 4.79 Å². The Kier molecular flexibility index (Phi) is 4.53. The number of benzene rings is 1. The number of rotatable bonds is 4. The van der Waals surface area contributed by atoms with E-state index in [-0.39, 0.29) is 5.91 Å². The van der Waals surface area contributed by atoms with E-state index in [2.05, 4.69) is 29.4 Å². The number of aryl methyl sites for hydroxylation is 1. The molecule has 0 saturated heterocycles. The fourth-order valence-corrected chi connectivity index (χ4v) is 1.80. The minimum absolute atomic E-state index is 0.149. The van der Waals surface area contributed by atoms with Gasteiger partial charge in [-0.15, -0.1) is 0 Å². The number of halogens is 1. The van der Waals surface area contributed by atoms with Crippen molar-refractivity contribution in [3.8, 4) is 0 Å². The molecular weight excluding hydrogens is 260 g/mol. The monoisotopic (exact) mass is 274 g/mol. The first kappa shape index (κ1) is 13.6. The number of amides is 1. The molecule has 1 heterocycles. The van der Waals surface area contributed by atoms with Crippen LogP contribution < -0.4 is 5.32 Å². The summed E-state index contributed by atoms with van der Waals surface area (Å²) in [6.07, 6.45) is 2.49. The van der Waals surface area contributed by atoms with Gasteiger partial charge in [0, 0.05) is 12.7 Å². The van der Waals surface area contributed by atoms with Crippen molar-refractivity contribution in [1.82, 2.24) is 10.3 Å². The van der Waals surface area contributed by atoms with Gasteiger partial charge in [0.25, 0.3) is 5.91 Å². The molecule has 0 spiro atoms. The van der Waals surface area contributed by atoms with E-state index in [1.165, 1.54) is 11.8 Å². The van der Waals surface area contributed by atoms with Crippen LogP contribution in [0, 0.1) is 0 Å². The first-order valence-corrected chi connectivity index (χ1v) is 6.54. The van der Waals surface area contributed by atoms with Gasteiger partial charge in [-0.3, -0.25) is 4.79 Å². The Labute approximate surface area is 117 Å². The Morgan fingerprint density at radius 1 is 1.16 bits per heavy atom. The average Bonchev–Trinajstić information content (AvgIpc) is 2.46. The van der Waals surface area contributed by atoms with Crippen molar-refractivity contribution in [2.24, 2.45) is 0 Å². The topological polar surface area (TPSA) is 42.0 Å². The highest BCUT2D eigenvalue weighted by Crippen LogP contribution is 2.07. The second-order valence-electron chi connectivity index (χ2n) is 4.22. The molecule has 98 valence electrons. The fraction of sp³-hybridized carbons (Fsp3) is 0.200. The van der Waals surface area contributed by atoms with Crippen molar-refractivity contribution in [3.05, 3.63) is 64.4 Å². The molecule has 1 amide bonds. The summed E-state index contributed by atoms with van der Waals surface area (Å²) in [7, 11) is 0. The smallest absolute Gasteiger partial charge is 0.253 e. The lowest BCUT2D eigenvalue weighted by atomic mass is 10.1. The maximum absolute atomic E-state index is 11.9. The molecule has 0 bridgehead atoms. The molecule has 0 aliphatic rings. The zero-order chi connectivity index (χ0) is 13.7. The van der Waals surface area contributed by atoms with Gasteiger partial charge in [-0.25, -0.2) is 4.98 Å². The second-order valence-corrected chi connectivity index (χ2v) is 4.61. The number of pyridine rings is 1. The van der Waals surface area contributed by atoms with Gasteiger partial charge in [-0.1, -0.05) is 42.8 Å². The molecule has 3 nitrogen and oxygen atoms in total. The number of hydrogen-bond acceptors (Lipinski definition) is 2. The molecule has 0 radical (unpaired) electrons. The van der Waals surface area contributed by atoms with E-state index >= 15 is 0 Å². The molecule has 4 heteroatoms. The highest BCUT2D eigenvalue weighted by Gasteiger charge is 2.05. The Bertz CT molecular complexity index is 549. The first-order valence-electron chi connectivity index (χ1n) is 6.16. The Hall–Kier alpha value is -1.87. The predicted octanol–water partition coefficient (Wildman–Crippen LogP) is 3.23. The SMILES string of the molecule is CCc1ccc(CNC(=O)c2ccc(Cl)nc2)cc1. The van der Waals surface area contributed by atoms with E-state index in [4.69, 9.17) is 11.6 Å². The average molecular weight is 275 g/mol. The zero-order valence-corrected chi connectivity index (χ0v) is 11.4. The van der Waals surface area contributed by atoms with Crippen LogP contribution in [-0.2, 0) is 13.0 Å². The van der Waals surface area contributed by atoms with E-state index in [1.54, 1.807) is 12.1 Å². The third-order valence-electron chi connectivity index (χ3n) is 2.87. The van der Waals surface area contributed by atoms with Gasteiger partial charge in [-0.05, 0) is 29.7 Å². The zero-order valence-electron chi connectivity index (χ0n) is 10.7. The highest BCUT2D eigenvalue weighted by atomic mass is 35.5. The van der Waals surface area contributed by atoms with Crippen LogP contribution in [0.2, 0.25) is 5.15 Å². The van der Waals surface area contributed by atoms with E-state index < -0.39 is 0 Å². The van der Waals surface area contributed by atoms with Crippen LogP contribution >= 0.6 is 11.6 Å². The predicted molar refractivity (Wildman–Crippen MR) is 76.2 cm³/mol. The summed E-state index contributed by atoms with van der Waals surface area (Å²) >= 11 is 5.68. The van der Waals surface area contributed by atoms with Gasteiger partial charge >= 0.3 is 0 Å². The van der Waals surface area contributed by atoms with Gasteiger partial charge in [-0.2, -0.15) is 0 Å². The minimum Gasteiger partial charge on any atom is -0.348 e. The molecule has 0 aliphatic carbocycles. The summed E-state index contributed by atoms with van der Waals surface area (Å²) in [6, 6.07) is 11.5. The molecule has 0 aliphatic heterocycles. The molecule has 2 rings (SSSR count). The second kappa shape index (κ2) is 6.34. The third-order valence-corrected chi connectivity index (χ3v) is 3.10. The van der Waals surface area contributed by atoms with Gasteiger partial charge < -0.3 is 5.32 Å². The fourth-order valence-electron chi connectivity index (χ4n) is 1.69. The Balaban J connectivity index is 1.94. The minimum atomic E-state index is -0.149. The van der Waals surface area contributed by atoms with Crippen LogP contribution in [0.1, 0.15) is 28.4 Å². The molecule has 2 aromatic rings. The van der Waals surface area contributed by atoms with Crippen LogP contribution in [0.15, 0.2) is 42.6 Å². The van der Waals surface area contributed by atoms with E-state index in [0.717, 1.165) is 12.0 Å². The van der Waals surface area contributed by atoms with Gasteiger partial charge in [0.05, 0.1) is 5.56 Å². The van der Waals surface area contributed by atoms with Crippen LogP contribution in [0.3, 0.4) is 0 Å². The number of aromatic nitrogens is 1. The van der Waals surface area contributed by atoms with Gasteiger partial charge in [0.15, 0.2) is 0 Å². The summed E-state index contributed by atoms with van der Waals surface area (Å²) < 4.78 is 0. The first-order chi connectivity index (χ1) is 9.19. The Morgan fingerprint density at radius 2 is 1.84 bits per heavy atom. The molecular formula is C15H15ClN2O. The van der Waals surface area contributed by atoms with Crippen LogP contribution in [0.25, 0.3) is 0 Å². The molecule has 0 atom stereocenters. The van der Waals surface area contributed by atoms with Crippen molar-refractivity contribution in [2.45, 2.75) is 19.9 Å². The van der Waals surface area contributed by atoms with Crippen LogP contribution in [0.5, 0.6) is 0 Å². The molecule has 19 heavy (non-hydrogen) atoms. The van der Waals surface area contributed by atoms with Gasteiger partial charge in [0.1, 0.15) is 5.15 Å². The molecule has 1 N–H and O–H groups in total. The maximum Gasteiger partial charge on any atom is 0.253 e. The van der Waals surface area contributed by atoms with Crippen LogP contribution in [-0.4, -0.2) is 10.9 Å². The lowest BCUT2D eigenvalue weighted by molar-refractivity contribution is 0.0950. The number of carbonyl (C=O) groups excluding carboxylic acids is 1. The van der Waals surface area contributed by atoms with Crippen molar-refractivity contribution in [2.75, 3.05) is 0 Å². The van der Waals surface area contributed by atoms with Gasteiger partial charge in [0.2, 0.25) is 0 Å². The van der Waals surface area contributed by atoms with E-state index in [1.807, 2.05) is 12.1 Å². The lowest BCUT2D eigenvalue weighted by Gasteiger charge is -2.06. The number of hydrogen-bond donors (Lipinski definition) is 1. The largest absolute Gasteiger partial charge is 0.348 e. The summed E-state index contributed by atoms with van der Waals surface area (Å²) in [5, 5.41) is 3.23. The number of nitrogens with zero attached hydrogens (tertiary/aromatic N) is 1. The Morgan fingerprint density at radius 3 is 2.42 bits per heavy atom. The standard InChI is InChI=1S/C15H15ClN2O/c1-2-11-3-5-12(6-4-11)9-18-15(19)13-7-8-14(16)17-10-13/h3-8,10H,2,9H2,1H3,(H,18,19). The van der Waals surface area contributed by atoms with E-state index in [0.29, 0.717) is 17.3 Å². The van der Waals surface area contributed by atoms with Crippen molar-refractivity contribution in [1.29, 1.82) is 0 Å². The molecule has 0 saturated carbocycles. The summed E-state index contributed by atoms with van der Waals surface area (Å²) in [4.78, 5) is 15.7. The number of carbonyl (C=O) groups is 1. The summed E-state index contributed by atoms with van der Waals surface area (Å²) in [5.41, 5.74) is 2.87. The maximum atomic E-state index is 11.9. The summed E-state index contributed by atoms with van der Waals surface area (Å²) in [6.45, 7) is 2.62. The van der Waals surface area contributed by atoms with Crippen molar-refractivity contribution >= 4 is 17.5 Å².